The molecule has 1 fully saturated rings. The summed E-state index contributed by atoms with van der Waals surface area (Å²) >= 11 is 9.64. The van der Waals surface area contributed by atoms with Gasteiger partial charge in [0.05, 0.1) is 11.6 Å². The Bertz CT molecular complexity index is 1250. The van der Waals surface area contributed by atoms with Gasteiger partial charge >= 0.3 is 6.03 Å². The molecule has 0 atom stereocenters. The molecule has 3 amide bonds. The summed E-state index contributed by atoms with van der Waals surface area (Å²) in [6, 6.07) is 13.1. The number of carbonyl (C=O) groups excluding carboxylic acids is 2. The van der Waals surface area contributed by atoms with Crippen LogP contribution in [0.5, 0.6) is 0 Å². The van der Waals surface area contributed by atoms with Gasteiger partial charge in [0, 0.05) is 27.1 Å². The van der Waals surface area contributed by atoms with Crippen LogP contribution in [0.3, 0.4) is 0 Å². The molecule has 31 heavy (non-hydrogen) atoms. The molecule has 0 aliphatic carbocycles. The van der Waals surface area contributed by atoms with Crippen LogP contribution in [0.2, 0.25) is 5.02 Å². The number of urea groups is 1. The summed E-state index contributed by atoms with van der Waals surface area (Å²) in [6.07, 6.45) is 1.64. The van der Waals surface area contributed by atoms with E-state index < -0.39 is 17.8 Å². The summed E-state index contributed by atoms with van der Waals surface area (Å²) in [5.41, 5.74) is 3.93. The predicted octanol–water partition coefficient (Wildman–Crippen LogP) is 5.74. The minimum absolute atomic E-state index is 0.134. The van der Waals surface area contributed by atoms with E-state index in [2.05, 4.69) is 21.2 Å². The SMILES string of the molecule is Cc1cc(/C=C2/NC(=O)N(Cc3ccccc3F)C2=O)c(C)n1-c1ccc(Br)c(Cl)c1. The summed E-state index contributed by atoms with van der Waals surface area (Å²) < 4.78 is 16.8. The van der Waals surface area contributed by atoms with Crippen molar-refractivity contribution < 1.29 is 14.0 Å². The van der Waals surface area contributed by atoms with E-state index in [9.17, 15) is 14.0 Å². The van der Waals surface area contributed by atoms with Gasteiger partial charge in [0.15, 0.2) is 0 Å². The first kappa shape index (κ1) is 21.3. The van der Waals surface area contributed by atoms with Crippen LogP contribution in [0, 0.1) is 19.7 Å². The number of imide groups is 1. The molecule has 158 valence electrons. The molecule has 5 nitrogen and oxygen atoms in total. The number of aryl methyl sites for hydroxylation is 1. The Balaban J connectivity index is 1.65. The Morgan fingerprint density at radius 1 is 1.13 bits per heavy atom. The zero-order chi connectivity index (χ0) is 22.3. The van der Waals surface area contributed by atoms with Crippen LogP contribution >= 0.6 is 27.5 Å². The van der Waals surface area contributed by atoms with E-state index in [1.54, 1.807) is 24.3 Å². The lowest BCUT2D eigenvalue weighted by atomic mass is 10.2. The number of amides is 3. The van der Waals surface area contributed by atoms with E-state index in [-0.39, 0.29) is 17.8 Å². The topological polar surface area (TPSA) is 54.3 Å². The van der Waals surface area contributed by atoms with Crippen molar-refractivity contribution in [2.45, 2.75) is 20.4 Å². The van der Waals surface area contributed by atoms with E-state index >= 15 is 0 Å². The molecule has 1 aliphatic heterocycles. The van der Waals surface area contributed by atoms with Gasteiger partial charge in [-0.1, -0.05) is 29.8 Å². The molecule has 1 saturated heterocycles. The fourth-order valence-corrected chi connectivity index (χ4v) is 4.04. The maximum atomic E-state index is 14.0. The highest BCUT2D eigenvalue weighted by molar-refractivity contribution is 9.10. The average Bonchev–Trinajstić information content (AvgIpc) is 3.15. The molecule has 0 bridgehead atoms. The second-order valence-corrected chi connectivity index (χ2v) is 8.49. The number of halogens is 3. The molecule has 0 saturated carbocycles. The molecule has 4 rings (SSSR count). The predicted molar refractivity (Wildman–Crippen MR) is 121 cm³/mol. The van der Waals surface area contributed by atoms with Gasteiger partial charge in [-0.05, 0) is 71.7 Å². The average molecular weight is 503 g/mol. The van der Waals surface area contributed by atoms with Crippen molar-refractivity contribution in [2.75, 3.05) is 0 Å². The highest BCUT2D eigenvalue weighted by atomic mass is 79.9. The van der Waals surface area contributed by atoms with Crippen molar-refractivity contribution in [3.8, 4) is 5.69 Å². The number of nitrogens with one attached hydrogen (secondary N) is 1. The summed E-state index contributed by atoms with van der Waals surface area (Å²) in [6.45, 7) is 3.74. The Morgan fingerprint density at radius 3 is 2.58 bits per heavy atom. The number of carbonyl (C=O) groups is 2. The van der Waals surface area contributed by atoms with Crippen LogP contribution in [0.15, 0.2) is 58.7 Å². The van der Waals surface area contributed by atoms with Gasteiger partial charge < -0.3 is 9.88 Å². The van der Waals surface area contributed by atoms with Crippen molar-refractivity contribution >= 4 is 45.5 Å². The molecule has 2 heterocycles. The number of rotatable bonds is 4. The van der Waals surface area contributed by atoms with E-state index in [0.717, 1.165) is 32.0 Å². The Morgan fingerprint density at radius 2 is 1.87 bits per heavy atom. The molecule has 0 radical (unpaired) electrons. The lowest BCUT2D eigenvalue weighted by Gasteiger charge is -2.12. The summed E-state index contributed by atoms with van der Waals surface area (Å²) in [4.78, 5) is 26.2. The number of hydrogen-bond donors (Lipinski definition) is 1. The van der Waals surface area contributed by atoms with E-state index in [0.29, 0.717) is 5.02 Å². The molecule has 1 aliphatic rings. The molecular weight excluding hydrogens is 485 g/mol. The van der Waals surface area contributed by atoms with Crippen LogP contribution in [0.25, 0.3) is 11.8 Å². The fraction of sp³-hybridized carbons (Fsp3) is 0.130. The third-order valence-corrected chi connectivity index (χ3v) is 6.41. The van der Waals surface area contributed by atoms with Crippen LogP contribution in [0.4, 0.5) is 9.18 Å². The largest absolute Gasteiger partial charge is 0.329 e. The van der Waals surface area contributed by atoms with Gasteiger partial charge in [-0.3, -0.25) is 9.69 Å². The van der Waals surface area contributed by atoms with Crippen molar-refractivity contribution in [3.05, 3.63) is 92.1 Å². The zero-order valence-corrected chi connectivity index (χ0v) is 19.1. The lowest BCUT2D eigenvalue weighted by Crippen LogP contribution is -2.30. The Hall–Kier alpha value is -2.90. The fourth-order valence-electron chi connectivity index (χ4n) is 3.62. The highest BCUT2D eigenvalue weighted by Crippen LogP contribution is 2.29. The maximum Gasteiger partial charge on any atom is 0.329 e. The summed E-state index contributed by atoms with van der Waals surface area (Å²) in [7, 11) is 0. The second kappa shape index (κ2) is 8.32. The minimum atomic E-state index is -0.576. The van der Waals surface area contributed by atoms with Crippen LogP contribution < -0.4 is 5.32 Å². The number of benzene rings is 2. The smallest absolute Gasteiger partial charge is 0.318 e. The third kappa shape index (κ3) is 4.03. The van der Waals surface area contributed by atoms with Gasteiger partial charge in [0.2, 0.25) is 0 Å². The molecular formula is C23H18BrClFN3O2. The molecule has 0 unspecified atom stereocenters. The van der Waals surface area contributed by atoms with Gasteiger partial charge in [-0.15, -0.1) is 0 Å². The van der Waals surface area contributed by atoms with Gasteiger partial charge in [0.1, 0.15) is 11.5 Å². The van der Waals surface area contributed by atoms with Gasteiger partial charge in [-0.2, -0.15) is 0 Å². The Kier molecular flexibility index (Phi) is 5.73. The third-order valence-electron chi connectivity index (χ3n) is 5.18. The number of aromatic nitrogens is 1. The van der Waals surface area contributed by atoms with Crippen LogP contribution in [-0.4, -0.2) is 21.4 Å². The standard InChI is InChI=1S/C23H18BrClFN3O2/c1-13-9-16(14(2)29(13)17-7-8-18(24)19(25)11-17)10-21-22(30)28(23(31)27-21)12-15-5-3-4-6-20(15)26/h3-11H,12H2,1-2H3,(H,27,31)/b21-10+. The van der Waals surface area contributed by atoms with Gasteiger partial charge in [0.25, 0.3) is 5.91 Å². The molecule has 2 aromatic carbocycles. The molecule has 3 aromatic rings. The van der Waals surface area contributed by atoms with E-state index in [1.807, 2.05) is 42.7 Å². The van der Waals surface area contributed by atoms with Crippen molar-refractivity contribution in [1.82, 2.24) is 14.8 Å². The number of hydrogen-bond acceptors (Lipinski definition) is 2. The van der Waals surface area contributed by atoms with Crippen LogP contribution in [-0.2, 0) is 11.3 Å². The normalized spacial score (nSPS) is 15.1. The first-order valence-corrected chi connectivity index (χ1v) is 10.7. The molecule has 1 aromatic heterocycles. The number of nitrogens with zero attached hydrogens (tertiary/aromatic N) is 2. The first-order valence-electron chi connectivity index (χ1n) is 9.48. The van der Waals surface area contributed by atoms with Gasteiger partial charge in [-0.25, -0.2) is 9.18 Å². The maximum absolute atomic E-state index is 14.0. The zero-order valence-electron chi connectivity index (χ0n) is 16.7. The Labute approximate surface area is 192 Å². The van der Waals surface area contributed by atoms with E-state index in [4.69, 9.17) is 11.6 Å². The van der Waals surface area contributed by atoms with Crippen molar-refractivity contribution in [1.29, 1.82) is 0 Å². The van der Waals surface area contributed by atoms with Crippen molar-refractivity contribution in [3.63, 3.8) is 0 Å². The van der Waals surface area contributed by atoms with Crippen molar-refractivity contribution in [2.24, 2.45) is 0 Å². The summed E-state index contributed by atoms with van der Waals surface area (Å²) in [5.74, 6) is -0.957. The molecule has 1 N–H and O–H groups in total. The quantitative estimate of drug-likeness (QED) is 0.365. The highest BCUT2D eigenvalue weighted by Gasteiger charge is 2.34. The monoisotopic (exact) mass is 501 g/mol. The van der Waals surface area contributed by atoms with E-state index in [1.165, 1.54) is 6.07 Å². The first-order chi connectivity index (χ1) is 14.8. The molecule has 0 spiro atoms. The lowest BCUT2D eigenvalue weighted by molar-refractivity contribution is -0.123. The second-order valence-electron chi connectivity index (χ2n) is 7.23. The molecule has 8 heteroatoms. The van der Waals surface area contributed by atoms with Crippen LogP contribution in [0.1, 0.15) is 22.5 Å². The summed E-state index contributed by atoms with van der Waals surface area (Å²) in [5, 5.41) is 3.18. The minimum Gasteiger partial charge on any atom is -0.318 e.